The molecule has 2 nitrogen and oxygen atoms in total. The van der Waals surface area contributed by atoms with Crippen LogP contribution >= 0.6 is 0 Å². The number of ether oxygens (including phenoxy) is 1. The van der Waals surface area contributed by atoms with Crippen LogP contribution in [0, 0.1) is 5.41 Å². The largest absolute Gasteiger partial charge is 0.450 e. The van der Waals surface area contributed by atoms with Gasteiger partial charge in [-0.1, -0.05) is 19.6 Å². The molecular weight excluding hydrogens is 188 g/mol. The molecular formula is C13H20O2. The second-order valence-electron chi connectivity index (χ2n) is 4.73. The third-order valence-corrected chi connectivity index (χ3v) is 3.17. The van der Waals surface area contributed by atoms with Crippen LogP contribution in [0.3, 0.4) is 0 Å². The van der Waals surface area contributed by atoms with E-state index in [2.05, 4.69) is 6.58 Å². The molecule has 0 aliphatic heterocycles. The highest BCUT2D eigenvalue weighted by Crippen LogP contribution is 2.32. The fourth-order valence-corrected chi connectivity index (χ4v) is 1.43. The number of hydrogen-bond acceptors (Lipinski definition) is 2. The predicted octanol–water partition coefficient (Wildman–Crippen LogP) is 3.24. The second-order valence-corrected chi connectivity index (χ2v) is 4.73. The van der Waals surface area contributed by atoms with Gasteiger partial charge in [-0.2, -0.15) is 0 Å². The van der Waals surface area contributed by atoms with Crippen LogP contribution in [-0.4, -0.2) is 11.6 Å². The molecule has 2 heteroatoms. The minimum absolute atomic E-state index is 0.142. The summed E-state index contributed by atoms with van der Waals surface area (Å²) in [6, 6.07) is 0. The van der Waals surface area contributed by atoms with Crippen LogP contribution in [0.25, 0.3) is 0 Å². The second kappa shape index (κ2) is 4.21. The van der Waals surface area contributed by atoms with Crippen LogP contribution in [0.15, 0.2) is 24.8 Å². The summed E-state index contributed by atoms with van der Waals surface area (Å²) >= 11 is 0. The van der Waals surface area contributed by atoms with Gasteiger partial charge >= 0.3 is 5.97 Å². The molecule has 0 bridgehead atoms. The molecule has 0 radical (unpaired) electrons. The first kappa shape index (κ1) is 12.0. The lowest BCUT2D eigenvalue weighted by molar-refractivity contribution is -0.162. The summed E-state index contributed by atoms with van der Waals surface area (Å²) in [4.78, 5) is 11.9. The fourth-order valence-electron chi connectivity index (χ4n) is 1.43. The lowest BCUT2D eigenvalue weighted by Gasteiger charge is -2.29. The zero-order valence-corrected chi connectivity index (χ0v) is 9.88. The van der Waals surface area contributed by atoms with E-state index in [1.165, 1.54) is 0 Å². The molecule has 15 heavy (non-hydrogen) atoms. The van der Waals surface area contributed by atoms with E-state index in [0.717, 1.165) is 19.3 Å². The van der Waals surface area contributed by atoms with Gasteiger partial charge in [0.1, 0.15) is 5.60 Å². The number of hydrogen-bond donors (Lipinski definition) is 0. The number of allylic oxidation sites excluding steroid dienone is 1. The van der Waals surface area contributed by atoms with Crippen LogP contribution in [-0.2, 0) is 9.53 Å². The molecule has 0 saturated heterocycles. The lowest BCUT2D eigenvalue weighted by atomic mass is 9.90. The van der Waals surface area contributed by atoms with Crippen LogP contribution in [0.4, 0.5) is 0 Å². The molecule has 84 valence electrons. The average Bonchev–Trinajstić information content (AvgIpc) is 2.67. The van der Waals surface area contributed by atoms with E-state index in [-0.39, 0.29) is 5.97 Å². The summed E-state index contributed by atoms with van der Waals surface area (Å²) in [7, 11) is 0. The monoisotopic (exact) mass is 208 g/mol. The van der Waals surface area contributed by atoms with Crippen LogP contribution in [0.2, 0.25) is 0 Å². The Balaban J connectivity index is 2.72. The Morgan fingerprint density at radius 1 is 1.67 bits per heavy atom. The molecule has 1 aliphatic rings. The van der Waals surface area contributed by atoms with Gasteiger partial charge < -0.3 is 4.74 Å². The summed E-state index contributed by atoms with van der Waals surface area (Å²) in [5.74, 6) is -0.142. The van der Waals surface area contributed by atoms with Crippen molar-refractivity contribution in [3.63, 3.8) is 0 Å². The van der Waals surface area contributed by atoms with Crippen molar-refractivity contribution in [2.24, 2.45) is 5.41 Å². The zero-order valence-electron chi connectivity index (χ0n) is 9.88. The van der Waals surface area contributed by atoms with Crippen LogP contribution in [0.5, 0.6) is 0 Å². The van der Waals surface area contributed by atoms with Gasteiger partial charge in [0.15, 0.2) is 0 Å². The van der Waals surface area contributed by atoms with Crippen molar-refractivity contribution in [1.82, 2.24) is 0 Å². The maximum absolute atomic E-state index is 11.9. The van der Waals surface area contributed by atoms with Gasteiger partial charge in [-0.05, 0) is 45.3 Å². The molecule has 0 aromatic heterocycles. The summed E-state index contributed by atoms with van der Waals surface area (Å²) in [6.07, 6.45) is 8.24. The molecule has 0 heterocycles. The Labute approximate surface area is 92.0 Å². The smallest absolute Gasteiger partial charge is 0.312 e. The Bertz CT molecular complexity index is 289. The molecule has 0 aromatic rings. The van der Waals surface area contributed by atoms with Gasteiger partial charge in [-0.3, -0.25) is 4.79 Å². The van der Waals surface area contributed by atoms with Crippen molar-refractivity contribution in [1.29, 1.82) is 0 Å². The van der Waals surface area contributed by atoms with Crippen LogP contribution < -0.4 is 0 Å². The minimum Gasteiger partial charge on any atom is -0.450 e. The first-order valence-corrected chi connectivity index (χ1v) is 5.50. The van der Waals surface area contributed by atoms with Crippen molar-refractivity contribution in [3.8, 4) is 0 Å². The van der Waals surface area contributed by atoms with E-state index in [4.69, 9.17) is 4.74 Å². The van der Waals surface area contributed by atoms with Crippen molar-refractivity contribution < 1.29 is 9.53 Å². The quantitative estimate of drug-likeness (QED) is 0.523. The van der Waals surface area contributed by atoms with Crippen molar-refractivity contribution in [2.45, 2.75) is 45.6 Å². The van der Waals surface area contributed by atoms with Crippen molar-refractivity contribution in [3.05, 3.63) is 24.8 Å². The third-order valence-electron chi connectivity index (χ3n) is 3.17. The fraction of sp³-hybridized carbons (Fsp3) is 0.615. The highest BCUT2D eigenvalue weighted by atomic mass is 16.6. The number of rotatable bonds is 4. The predicted molar refractivity (Wildman–Crippen MR) is 61.5 cm³/mol. The SMILES string of the molecule is C=CC1(OC(=O)C(C)(C)CC)C=CCC1. The topological polar surface area (TPSA) is 26.3 Å². The van der Waals surface area contributed by atoms with Crippen molar-refractivity contribution >= 4 is 5.97 Å². The van der Waals surface area contributed by atoms with Gasteiger partial charge in [0.05, 0.1) is 5.41 Å². The van der Waals surface area contributed by atoms with Gasteiger partial charge in [-0.15, -0.1) is 0 Å². The summed E-state index contributed by atoms with van der Waals surface area (Å²) in [5.41, 5.74) is -0.962. The van der Waals surface area contributed by atoms with Gasteiger partial charge in [0, 0.05) is 0 Å². The van der Waals surface area contributed by atoms with E-state index in [9.17, 15) is 4.79 Å². The number of esters is 1. The Kier molecular flexibility index (Phi) is 3.38. The van der Waals surface area contributed by atoms with E-state index < -0.39 is 11.0 Å². The number of carbonyl (C=O) groups excluding carboxylic acids is 1. The molecule has 0 aromatic carbocycles. The molecule has 0 saturated carbocycles. The summed E-state index contributed by atoms with van der Waals surface area (Å²) in [6.45, 7) is 9.55. The molecule has 0 amide bonds. The highest BCUT2D eigenvalue weighted by molar-refractivity contribution is 5.76. The van der Waals surface area contributed by atoms with Gasteiger partial charge in [0.25, 0.3) is 0 Å². The minimum atomic E-state index is -0.552. The molecule has 1 atom stereocenters. The maximum Gasteiger partial charge on any atom is 0.312 e. The highest BCUT2D eigenvalue weighted by Gasteiger charge is 2.36. The third kappa shape index (κ3) is 2.49. The molecule has 1 unspecified atom stereocenters. The van der Waals surface area contributed by atoms with Crippen LogP contribution in [0.1, 0.15) is 40.0 Å². The van der Waals surface area contributed by atoms with Gasteiger partial charge in [0.2, 0.25) is 0 Å². The average molecular weight is 208 g/mol. The Morgan fingerprint density at radius 2 is 2.33 bits per heavy atom. The molecule has 1 rings (SSSR count). The maximum atomic E-state index is 11.9. The Morgan fingerprint density at radius 3 is 2.73 bits per heavy atom. The van der Waals surface area contributed by atoms with E-state index >= 15 is 0 Å². The van der Waals surface area contributed by atoms with Gasteiger partial charge in [-0.25, -0.2) is 0 Å². The normalized spacial score (nSPS) is 25.3. The Hall–Kier alpha value is -1.05. The zero-order chi connectivity index (χ0) is 11.5. The lowest BCUT2D eigenvalue weighted by Crippen LogP contribution is -2.35. The first-order chi connectivity index (χ1) is 6.96. The summed E-state index contributed by atoms with van der Waals surface area (Å²) < 4.78 is 5.56. The van der Waals surface area contributed by atoms with E-state index in [1.54, 1.807) is 6.08 Å². The summed E-state index contributed by atoms with van der Waals surface area (Å²) in [5, 5.41) is 0. The number of carbonyl (C=O) groups is 1. The molecule has 0 spiro atoms. The van der Waals surface area contributed by atoms with Crippen molar-refractivity contribution in [2.75, 3.05) is 0 Å². The molecule has 0 N–H and O–H groups in total. The van der Waals surface area contributed by atoms with E-state index in [1.807, 2.05) is 32.9 Å². The standard InChI is InChI=1S/C13H20O2/c1-5-12(3,4)11(14)15-13(6-2)9-7-8-10-13/h6-7,9H,2,5,8,10H2,1,3-4H3. The molecule has 0 fully saturated rings. The molecule has 1 aliphatic carbocycles. The first-order valence-electron chi connectivity index (χ1n) is 5.50. The van der Waals surface area contributed by atoms with E-state index in [0.29, 0.717) is 0 Å².